The molecular formula is C12H21NO. The standard InChI is InChI=1S/C12H21NO/c1-10(2)14-9-12-6-4-8-13(12)11(3)5-7-12/h10H,3-9H2,1-2H3. The average molecular weight is 195 g/mol. The number of rotatable bonds is 3. The van der Waals surface area contributed by atoms with Gasteiger partial charge in [0, 0.05) is 12.2 Å². The largest absolute Gasteiger partial charge is 0.376 e. The Morgan fingerprint density at radius 1 is 1.50 bits per heavy atom. The molecule has 0 bridgehead atoms. The Morgan fingerprint density at radius 3 is 3.00 bits per heavy atom. The topological polar surface area (TPSA) is 12.5 Å². The smallest absolute Gasteiger partial charge is 0.0702 e. The van der Waals surface area contributed by atoms with Crippen molar-refractivity contribution in [1.29, 1.82) is 0 Å². The lowest BCUT2D eigenvalue weighted by molar-refractivity contribution is 0.00812. The zero-order valence-electron chi connectivity index (χ0n) is 9.38. The van der Waals surface area contributed by atoms with Crippen LogP contribution in [0.1, 0.15) is 39.5 Å². The van der Waals surface area contributed by atoms with Crippen LogP contribution in [0, 0.1) is 0 Å². The van der Waals surface area contributed by atoms with Crippen molar-refractivity contribution in [1.82, 2.24) is 4.90 Å². The van der Waals surface area contributed by atoms with E-state index in [1.54, 1.807) is 0 Å². The normalized spacial score (nSPS) is 31.6. The second-order valence-electron chi connectivity index (χ2n) is 4.91. The number of allylic oxidation sites excluding steroid dienone is 1. The molecule has 1 unspecified atom stereocenters. The van der Waals surface area contributed by atoms with E-state index in [1.165, 1.54) is 37.9 Å². The van der Waals surface area contributed by atoms with E-state index in [0.29, 0.717) is 11.6 Å². The maximum atomic E-state index is 5.80. The quantitative estimate of drug-likeness (QED) is 0.686. The van der Waals surface area contributed by atoms with Crippen molar-refractivity contribution in [3.63, 3.8) is 0 Å². The van der Waals surface area contributed by atoms with Gasteiger partial charge in [-0.1, -0.05) is 6.58 Å². The summed E-state index contributed by atoms with van der Waals surface area (Å²) in [6, 6.07) is 0. The molecule has 0 aromatic carbocycles. The van der Waals surface area contributed by atoms with Gasteiger partial charge in [-0.05, 0) is 39.5 Å². The Hall–Kier alpha value is -0.500. The monoisotopic (exact) mass is 195 g/mol. The molecule has 2 aliphatic heterocycles. The van der Waals surface area contributed by atoms with Crippen molar-refractivity contribution < 1.29 is 4.74 Å². The maximum absolute atomic E-state index is 5.80. The van der Waals surface area contributed by atoms with E-state index in [9.17, 15) is 0 Å². The molecule has 2 rings (SSSR count). The predicted molar refractivity (Wildman–Crippen MR) is 58.1 cm³/mol. The third-order valence-electron chi connectivity index (χ3n) is 3.54. The summed E-state index contributed by atoms with van der Waals surface area (Å²) in [6.45, 7) is 10.4. The van der Waals surface area contributed by atoms with Gasteiger partial charge in [0.15, 0.2) is 0 Å². The number of ether oxygens (including phenoxy) is 1. The molecule has 0 N–H and O–H groups in total. The van der Waals surface area contributed by atoms with Crippen molar-refractivity contribution in [2.75, 3.05) is 13.2 Å². The fourth-order valence-corrected chi connectivity index (χ4v) is 2.75. The molecule has 0 spiro atoms. The van der Waals surface area contributed by atoms with Gasteiger partial charge in [0.25, 0.3) is 0 Å². The molecule has 2 heterocycles. The van der Waals surface area contributed by atoms with Crippen LogP contribution in [0.4, 0.5) is 0 Å². The first-order chi connectivity index (χ1) is 6.64. The van der Waals surface area contributed by atoms with Crippen LogP contribution < -0.4 is 0 Å². The van der Waals surface area contributed by atoms with E-state index in [1.807, 2.05) is 0 Å². The molecule has 80 valence electrons. The molecule has 2 heteroatoms. The van der Waals surface area contributed by atoms with Gasteiger partial charge in [0.05, 0.1) is 18.2 Å². The van der Waals surface area contributed by atoms with Gasteiger partial charge in [-0.15, -0.1) is 0 Å². The fraction of sp³-hybridized carbons (Fsp3) is 0.833. The Labute approximate surface area is 86.9 Å². The van der Waals surface area contributed by atoms with Crippen molar-refractivity contribution in [3.8, 4) is 0 Å². The summed E-state index contributed by atoms with van der Waals surface area (Å²) >= 11 is 0. The highest BCUT2D eigenvalue weighted by Crippen LogP contribution is 2.43. The van der Waals surface area contributed by atoms with Crippen LogP contribution in [0.3, 0.4) is 0 Å². The van der Waals surface area contributed by atoms with Gasteiger partial charge in [-0.25, -0.2) is 0 Å². The van der Waals surface area contributed by atoms with Crippen LogP contribution >= 0.6 is 0 Å². The lowest BCUT2D eigenvalue weighted by Gasteiger charge is -2.34. The van der Waals surface area contributed by atoms with Crippen LogP contribution in [0.2, 0.25) is 0 Å². The minimum Gasteiger partial charge on any atom is -0.376 e. The molecule has 14 heavy (non-hydrogen) atoms. The molecule has 0 amide bonds. The lowest BCUT2D eigenvalue weighted by atomic mass is 9.95. The summed E-state index contributed by atoms with van der Waals surface area (Å²) in [6.07, 6.45) is 5.36. The maximum Gasteiger partial charge on any atom is 0.0702 e. The Kier molecular flexibility index (Phi) is 2.56. The van der Waals surface area contributed by atoms with Gasteiger partial charge in [-0.2, -0.15) is 0 Å². The predicted octanol–water partition coefficient (Wildman–Crippen LogP) is 2.55. The van der Waals surface area contributed by atoms with Crippen molar-refractivity contribution >= 4 is 0 Å². The molecule has 0 aliphatic carbocycles. The summed E-state index contributed by atoms with van der Waals surface area (Å²) in [5, 5.41) is 0. The fourth-order valence-electron chi connectivity index (χ4n) is 2.75. The van der Waals surface area contributed by atoms with Crippen LogP contribution in [0.25, 0.3) is 0 Å². The van der Waals surface area contributed by atoms with Gasteiger partial charge in [0.2, 0.25) is 0 Å². The first-order valence-electron chi connectivity index (χ1n) is 5.71. The molecule has 0 saturated carbocycles. The van der Waals surface area contributed by atoms with Gasteiger partial charge >= 0.3 is 0 Å². The SMILES string of the molecule is C=C1CCC2(COC(C)C)CCCN12. The number of fused-ring (bicyclic) bond motifs is 1. The first kappa shape index (κ1) is 10.0. The zero-order chi connectivity index (χ0) is 10.2. The minimum absolute atomic E-state index is 0.321. The van der Waals surface area contributed by atoms with E-state index in [2.05, 4.69) is 25.3 Å². The van der Waals surface area contributed by atoms with Crippen molar-refractivity contribution in [3.05, 3.63) is 12.3 Å². The highest BCUT2D eigenvalue weighted by Gasteiger charge is 2.45. The van der Waals surface area contributed by atoms with Gasteiger partial charge in [0.1, 0.15) is 0 Å². The second kappa shape index (κ2) is 3.58. The average Bonchev–Trinajstić information content (AvgIpc) is 2.65. The van der Waals surface area contributed by atoms with Crippen LogP contribution in [-0.4, -0.2) is 29.7 Å². The van der Waals surface area contributed by atoms with Crippen LogP contribution in [-0.2, 0) is 4.74 Å². The van der Waals surface area contributed by atoms with Crippen LogP contribution in [0.5, 0.6) is 0 Å². The van der Waals surface area contributed by atoms with E-state index in [0.717, 1.165) is 6.61 Å². The highest BCUT2D eigenvalue weighted by molar-refractivity contribution is 5.14. The van der Waals surface area contributed by atoms with E-state index < -0.39 is 0 Å². The van der Waals surface area contributed by atoms with Gasteiger partial charge in [-0.3, -0.25) is 0 Å². The van der Waals surface area contributed by atoms with Crippen molar-refractivity contribution in [2.24, 2.45) is 0 Å². The summed E-state index contributed by atoms with van der Waals surface area (Å²) in [7, 11) is 0. The van der Waals surface area contributed by atoms with Crippen molar-refractivity contribution in [2.45, 2.75) is 51.2 Å². The molecule has 2 nitrogen and oxygen atoms in total. The third-order valence-corrected chi connectivity index (χ3v) is 3.54. The second-order valence-corrected chi connectivity index (χ2v) is 4.91. The molecule has 2 saturated heterocycles. The summed E-state index contributed by atoms with van der Waals surface area (Å²) in [5.41, 5.74) is 1.65. The third kappa shape index (κ3) is 1.56. The van der Waals surface area contributed by atoms with Crippen LogP contribution in [0.15, 0.2) is 12.3 Å². The molecule has 0 radical (unpaired) electrons. The summed E-state index contributed by atoms with van der Waals surface area (Å²) in [5.74, 6) is 0. The number of nitrogens with zero attached hydrogens (tertiary/aromatic N) is 1. The van der Waals surface area contributed by atoms with Gasteiger partial charge < -0.3 is 9.64 Å². The Bertz CT molecular complexity index is 236. The lowest BCUT2D eigenvalue weighted by Crippen LogP contribution is -2.42. The zero-order valence-corrected chi connectivity index (χ0v) is 9.38. The molecule has 1 atom stereocenters. The minimum atomic E-state index is 0.321. The van der Waals surface area contributed by atoms with E-state index in [-0.39, 0.29) is 0 Å². The molecule has 0 aromatic rings. The van der Waals surface area contributed by atoms with E-state index in [4.69, 9.17) is 4.74 Å². The first-order valence-corrected chi connectivity index (χ1v) is 5.71. The molecule has 2 aliphatic rings. The summed E-state index contributed by atoms with van der Waals surface area (Å²) in [4.78, 5) is 2.50. The number of hydrogen-bond acceptors (Lipinski definition) is 2. The highest BCUT2D eigenvalue weighted by atomic mass is 16.5. The van der Waals surface area contributed by atoms with E-state index >= 15 is 0 Å². The molecule has 0 aromatic heterocycles. The molecular weight excluding hydrogens is 174 g/mol. The number of hydrogen-bond donors (Lipinski definition) is 0. The molecule has 2 fully saturated rings. The Morgan fingerprint density at radius 2 is 2.29 bits per heavy atom. The Balaban J connectivity index is 2.02. The summed E-state index contributed by atoms with van der Waals surface area (Å²) < 4.78 is 5.80.